The maximum atomic E-state index is 6.21. The molecule has 0 bridgehead atoms. The van der Waals surface area contributed by atoms with E-state index in [1.54, 1.807) is 11.3 Å². The topological polar surface area (TPSA) is 37.8 Å². The summed E-state index contributed by atoms with van der Waals surface area (Å²) in [6.07, 6.45) is 5.95. The lowest BCUT2D eigenvalue weighted by molar-refractivity contribution is 0.683. The molecule has 0 fully saturated rings. The summed E-state index contributed by atoms with van der Waals surface area (Å²) >= 11 is 7.91. The number of hydrogen-bond donors (Lipinski definition) is 1. The van der Waals surface area contributed by atoms with Gasteiger partial charge in [-0.25, -0.2) is 9.97 Å². The van der Waals surface area contributed by atoms with Gasteiger partial charge in [-0.1, -0.05) is 44.7 Å². The van der Waals surface area contributed by atoms with Gasteiger partial charge in [0.2, 0.25) is 5.95 Å². The lowest BCUT2D eigenvalue weighted by atomic mass is 10.2. The number of aryl methyl sites for hydroxylation is 1. The molecule has 0 spiro atoms. The average molecular weight is 298 g/mol. The van der Waals surface area contributed by atoms with Crippen molar-refractivity contribution in [2.24, 2.45) is 0 Å². The van der Waals surface area contributed by atoms with Gasteiger partial charge in [0, 0.05) is 16.8 Å². The van der Waals surface area contributed by atoms with Crippen molar-refractivity contribution in [3.63, 3.8) is 0 Å². The third kappa shape index (κ3) is 3.80. The number of nitrogens with one attached hydrogen (secondary N) is 1. The Bertz CT molecular complexity index is 539. The largest absolute Gasteiger partial charge is 0.354 e. The van der Waals surface area contributed by atoms with E-state index in [9.17, 15) is 0 Å². The fourth-order valence-corrected chi connectivity index (χ4v) is 3.19. The van der Waals surface area contributed by atoms with Crippen molar-refractivity contribution in [1.29, 1.82) is 0 Å². The molecule has 0 saturated carbocycles. The predicted molar refractivity (Wildman–Crippen MR) is 84.4 cm³/mol. The van der Waals surface area contributed by atoms with Crippen LogP contribution in [0.5, 0.6) is 0 Å². The first-order valence-electron chi connectivity index (χ1n) is 6.94. The summed E-state index contributed by atoms with van der Waals surface area (Å²) in [6, 6.07) is 2.09. The summed E-state index contributed by atoms with van der Waals surface area (Å²) in [6.45, 7) is 5.26. The molecule has 1 N–H and O–H groups in total. The number of aromatic nitrogens is 2. The maximum Gasteiger partial charge on any atom is 0.225 e. The summed E-state index contributed by atoms with van der Waals surface area (Å²) in [5.74, 6) is 0.651. The van der Waals surface area contributed by atoms with E-state index in [0.717, 1.165) is 29.6 Å². The highest BCUT2D eigenvalue weighted by atomic mass is 35.5. The Labute approximate surface area is 123 Å². The van der Waals surface area contributed by atoms with Crippen LogP contribution in [0.15, 0.2) is 6.07 Å². The van der Waals surface area contributed by atoms with Crippen LogP contribution in [0.2, 0.25) is 5.15 Å². The van der Waals surface area contributed by atoms with Gasteiger partial charge in [-0.3, -0.25) is 0 Å². The van der Waals surface area contributed by atoms with Gasteiger partial charge in [-0.2, -0.15) is 0 Å². The molecule has 19 heavy (non-hydrogen) atoms. The summed E-state index contributed by atoms with van der Waals surface area (Å²) in [5, 5.41) is 4.79. The van der Waals surface area contributed by atoms with Crippen molar-refractivity contribution in [3.05, 3.63) is 16.1 Å². The van der Waals surface area contributed by atoms with Crippen molar-refractivity contribution < 1.29 is 0 Å². The first-order valence-corrected chi connectivity index (χ1v) is 8.13. The number of halogens is 1. The van der Waals surface area contributed by atoms with Crippen LogP contribution in [0.1, 0.15) is 44.4 Å². The zero-order chi connectivity index (χ0) is 13.7. The van der Waals surface area contributed by atoms with E-state index < -0.39 is 0 Å². The molecule has 2 aromatic heterocycles. The monoisotopic (exact) mass is 297 g/mol. The zero-order valence-corrected chi connectivity index (χ0v) is 13.1. The van der Waals surface area contributed by atoms with Crippen molar-refractivity contribution in [3.8, 4) is 0 Å². The molecule has 0 aliphatic rings. The van der Waals surface area contributed by atoms with Gasteiger partial charge in [0.05, 0.1) is 0 Å². The van der Waals surface area contributed by atoms with Gasteiger partial charge in [-0.05, 0) is 18.9 Å². The molecule has 0 radical (unpaired) electrons. The van der Waals surface area contributed by atoms with Crippen molar-refractivity contribution in [1.82, 2.24) is 9.97 Å². The van der Waals surface area contributed by atoms with Crippen molar-refractivity contribution in [2.75, 3.05) is 11.9 Å². The molecule has 2 heterocycles. The molecule has 3 nitrogen and oxygen atoms in total. The Morgan fingerprint density at radius 3 is 2.79 bits per heavy atom. The van der Waals surface area contributed by atoms with E-state index in [1.807, 2.05) is 0 Å². The molecule has 0 aliphatic heterocycles. The molecule has 0 atom stereocenters. The van der Waals surface area contributed by atoms with Crippen LogP contribution in [0.4, 0.5) is 5.95 Å². The van der Waals surface area contributed by atoms with Crippen molar-refractivity contribution in [2.45, 2.75) is 46.0 Å². The molecule has 0 unspecified atom stereocenters. The van der Waals surface area contributed by atoms with Gasteiger partial charge in [0.1, 0.15) is 9.98 Å². The Morgan fingerprint density at radius 1 is 1.21 bits per heavy atom. The number of fused-ring (bicyclic) bond motifs is 1. The molecule has 0 saturated heterocycles. The molecule has 0 aromatic carbocycles. The quantitative estimate of drug-likeness (QED) is 0.583. The fraction of sp³-hybridized carbons (Fsp3) is 0.571. The number of anilines is 1. The molecule has 104 valence electrons. The second-order valence-corrected chi connectivity index (χ2v) is 6.08. The number of unbranched alkanes of at least 4 members (excludes halogenated alkanes) is 3. The third-order valence-electron chi connectivity index (χ3n) is 3.06. The summed E-state index contributed by atoms with van der Waals surface area (Å²) in [4.78, 5) is 11.1. The summed E-state index contributed by atoms with van der Waals surface area (Å²) < 4.78 is 0. The Balaban J connectivity index is 2.03. The van der Waals surface area contributed by atoms with Crippen LogP contribution in [0.3, 0.4) is 0 Å². The summed E-state index contributed by atoms with van der Waals surface area (Å²) in [5.41, 5.74) is 0. The molecule has 0 amide bonds. The molecule has 2 rings (SSSR count). The molecular weight excluding hydrogens is 278 g/mol. The highest BCUT2D eigenvalue weighted by Crippen LogP contribution is 2.29. The van der Waals surface area contributed by atoms with Crippen LogP contribution in [0, 0.1) is 0 Å². The van der Waals surface area contributed by atoms with E-state index in [4.69, 9.17) is 11.6 Å². The van der Waals surface area contributed by atoms with E-state index in [-0.39, 0.29) is 0 Å². The normalized spacial score (nSPS) is 11.1. The van der Waals surface area contributed by atoms with E-state index in [1.165, 1.54) is 24.1 Å². The maximum absolute atomic E-state index is 6.21. The van der Waals surface area contributed by atoms with E-state index in [0.29, 0.717) is 11.1 Å². The minimum absolute atomic E-state index is 0.553. The number of thiophene rings is 1. The SMILES string of the molecule is CCCCCCNc1nc(Cl)c2cc(CC)sc2n1. The molecule has 2 aromatic rings. The number of rotatable bonds is 7. The molecule has 5 heteroatoms. The minimum atomic E-state index is 0.553. The van der Waals surface area contributed by atoms with Crippen molar-refractivity contribution >= 4 is 39.1 Å². The number of nitrogens with zero attached hydrogens (tertiary/aromatic N) is 2. The van der Waals surface area contributed by atoms with Gasteiger partial charge in [0.25, 0.3) is 0 Å². The van der Waals surface area contributed by atoms with Crippen LogP contribution in [-0.4, -0.2) is 16.5 Å². The average Bonchev–Trinajstić information content (AvgIpc) is 2.82. The minimum Gasteiger partial charge on any atom is -0.354 e. The lowest BCUT2D eigenvalue weighted by Gasteiger charge is -2.04. The van der Waals surface area contributed by atoms with Crippen LogP contribution in [0.25, 0.3) is 10.2 Å². The Morgan fingerprint density at radius 2 is 2.05 bits per heavy atom. The van der Waals surface area contributed by atoms with Crippen LogP contribution >= 0.6 is 22.9 Å². The van der Waals surface area contributed by atoms with Gasteiger partial charge in [0.15, 0.2) is 0 Å². The highest BCUT2D eigenvalue weighted by Gasteiger charge is 2.09. The molecular formula is C14H20ClN3S. The second-order valence-electron chi connectivity index (χ2n) is 4.61. The fourth-order valence-electron chi connectivity index (χ4n) is 1.94. The highest BCUT2D eigenvalue weighted by molar-refractivity contribution is 7.18. The Kier molecular flexibility index (Phi) is 5.40. The first kappa shape index (κ1) is 14.5. The second kappa shape index (κ2) is 7.06. The first-order chi connectivity index (χ1) is 9.24. The third-order valence-corrected chi connectivity index (χ3v) is 4.52. The van der Waals surface area contributed by atoms with Gasteiger partial charge >= 0.3 is 0 Å². The van der Waals surface area contributed by atoms with E-state index in [2.05, 4.69) is 35.2 Å². The van der Waals surface area contributed by atoms with Crippen LogP contribution in [-0.2, 0) is 6.42 Å². The van der Waals surface area contributed by atoms with Gasteiger partial charge in [-0.15, -0.1) is 11.3 Å². The van der Waals surface area contributed by atoms with E-state index >= 15 is 0 Å². The van der Waals surface area contributed by atoms with Gasteiger partial charge < -0.3 is 5.32 Å². The Hall–Kier alpha value is -0.870. The lowest BCUT2D eigenvalue weighted by Crippen LogP contribution is -2.05. The zero-order valence-electron chi connectivity index (χ0n) is 11.5. The predicted octanol–water partition coefficient (Wildman–Crippen LogP) is 4.90. The summed E-state index contributed by atoms with van der Waals surface area (Å²) in [7, 11) is 0. The molecule has 0 aliphatic carbocycles. The smallest absolute Gasteiger partial charge is 0.225 e. The van der Waals surface area contributed by atoms with Crippen LogP contribution < -0.4 is 5.32 Å². The standard InChI is InChI=1S/C14H20ClN3S/c1-3-5-6-7-8-16-14-17-12(15)11-9-10(4-2)19-13(11)18-14/h9H,3-8H2,1-2H3,(H,16,17,18). The number of hydrogen-bond acceptors (Lipinski definition) is 4.